The van der Waals surface area contributed by atoms with Gasteiger partial charge in [-0.2, -0.15) is 0 Å². The highest BCUT2D eigenvalue weighted by atomic mass is 35.5. The van der Waals surface area contributed by atoms with Crippen molar-refractivity contribution in [1.82, 2.24) is 0 Å². The van der Waals surface area contributed by atoms with Crippen LogP contribution in [0.2, 0.25) is 5.02 Å². The predicted molar refractivity (Wildman–Crippen MR) is 94.8 cm³/mol. The van der Waals surface area contributed by atoms with Crippen LogP contribution in [-0.4, -0.2) is 5.91 Å². The van der Waals surface area contributed by atoms with Crippen molar-refractivity contribution in [2.45, 2.75) is 6.54 Å². The molecule has 3 rings (SSSR count). The molecule has 0 radical (unpaired) electrons. The second-order valence-electron chi connectivity index (χ2n) is 5.34. The number of para-hydroxylation sites is 1. The minimum Gasteiger partial charge on any atom is -0.304 e. The Balaban J connectivity index is 1.99. The normalized spacial score (nSPS) is 10.4. The molecule has 0 atom stereocenters. The van der Waals surface area contributed by atoms with E-state index in [-0.39, 0.29) is 10.6 Å². The number of benzene rings is 3. The van der Waals surface area contributed by atoms with Gasteiger partial charge in [-0.3, -0.25) is 4.79 Å². The van der Waals surface area contributed by atoms with E-state index in [1.54, 1.807) is 4.90 Å². The van der Waals surface area contributed by atoms with E-state index in [0.29, 0.717) is 12.2 Å². The first kappa shape index (κ1) is 16.2. The molecule has 0 saturated heterocycles. The standard InChI is InChI=1S/C20H15ClFNO/c21-16-11-12-18(19(22)13-16)20(24)23(17-9-5-2-6-10-17)14-15-7-3-1-4-8-15/h1-13H,14H2. The number of hydrogen-bond donors (Lipinski definition) is 0. The number of amides is 1. The average molecular weight is 340 g/mol. The molecule has 0 aliphatic rings. The van der Waals surface area contributed by atoms with E-state index < -0.39 is 11.7 Å². The summed E-state index contributed by atoms with van der Waals surface area (Å²) in [5.74, 6) is -1.03. The molecule has 0 spiro atoms. The minimum atomic E-state index is -0.624. The van der Waals surface area contributed by atoms with Crippen LogP contribution in [-0.2, 0) is 6.54 Å². The fourth-order valence-electron chi connectivity index (χ4n) is 2.46. The lowest BCUT2D eigenvalue weighted by Gasteiger charge is -2.23. The summed E-state index contributed by atoms with van der Waals surface area (Å²) in [4.78, 5) is 14.5. The molecule has 1 amide bonds. The van der Waals surface area contributed by atoms with Crippen LogP contribution in [0.1, 0.15) is 15.9 Å². The molecule has 0 saturated carbocycles. The van der Waals surface area contributed by atoms with Crippen molar-refractivity contribution in [2.75, 3.05) is 4.90 Å². The Morgan fingerprint density at radius 3 is 2.17 bits per heavy atom. The van der Waals surface area contributed by atoms with Gasteiger partial charge in [-0.1, -0.05) is 60.1 Å². The molecule has 24 heavy (non-hydrogen) atoms. The summed E-state index contributed by atoms with van der Waals surface area (Å²) in [5, 5.41) is 0.262. The van der Waals surface area contributed by atoms with E-state index in [0.717, 1.165) is 11.6 Å². The van der Waals surface area contributed by atoms with E-state index in [9.17, 15) is 9.18 Å². The first-order chi connectivity index (χ1) is 11.6. The molecule has 3 aromatic rings. The van der Waals surface area contributed by atoms with Crippen LogP contribution in [0, 0.1) is 5.82 Å². The number of anilines is 1. The van der Waals surface area contributed by atoms with Crippen LogP contribution in [0.5, 0.6) is 0 Å². The maximum absolute atomic E-state index is 14.2. The van der Waals surface area contributed by atoms with Crippen molar-refractivity contribution in [3.63, 3.8) is 0 Å². The number of carbonyl (C=O) groups is 1. The first-order valence-electron chi connectivity index (χ1n) is 7.51. The van der Waals surface area contributed by atoms with Gasteiger partial charge in [0.15, 0.2) is 0 Å². The van der Waals surface area contributed by atoms with Crippen molar-refractivity contribution in [3.8, 4) is 0 Å². The van der Waals surface area contributed by atoms with Crippen molar-refractivity contribution in [3.05, 3.63) is 101 Å². The van der Waals surface area contributed by atoms with E-state index in [4.69, 9.17) is 11.6 Å². The van der Waals surface area contributed by atoms with Gasteiger partial charge < -0.3 is 4.90 Å². The zero-order valence-corrected chi connectivity index (χ0v) is 13.6. The fraction of sp³-hybridized carbons (Fsp3) is 0.0500. The van der Waals surface area contributed by atoms with Crippen molar-refractivity contribution in [1.29, 1.82) is 0 Å². The van der Waals surface area contributed by atoms with Gasteiger partial charge in [0.05, 0.1) is 12.1 Å². The van der Waals surface area contributed by atoms with Gasteiger partial charge >= 0.3 is 0 Å². The minimum absolute atomic E-state index is 0.000755. The lowest BCUT2D eigenvalue weighted by atomic mass is 10.1. The second-order valence-corrected chi connectivity index (χ2v) is 5.77. The van der Waals surface area contributed by atoms with E-state index in [1.807, 2.05) is 60.7 Å². The molecular formula is C20H15ClFNO. The van der Waals surface area contributed by atoms with Gasteiger partial charge in [-0.05, 0) is 35.9 Å². The number of halogens is 2. The highest BCUT2D eigenvalue weighted by molar-refractivity contribution is 6.30. The molecular weight excluding hydrogens is 325 g/mol. The van der Waals surface area contributed by atoms with Gasteiger partial charge in [-0.15, -0.1) is 0 Å². The molecule has 2 nitrogen and oxygen atoms in total. The largest absolute Gasteiger partial charge is 0.304 e. The SMILES string of the molecule is O=C(c1ccc(Cl)cc1F)N(Cc1ccccc1)c1ccccc1. The van der Waals surface area contributed by atoms with Gasteiger partial charge in [0, 0.05) is 10.7 Å². The lowest BCUT2D eigenvalue weighted by molar-refractivity contribution is 0.0981. The third-order valence-electron chi connectivity index (χ3n) is 3.66. The topological polar surface area (TPSA) is 20.3 Å². The van der Waals surface area contributed by atoms with Crippen LogP contribution in [0.4, 0.5) is 10.1 Å². The molecule has 3 aromatic carbocycles. The van der Waals surface area contributed by atoms with Crippen LogP contribution in [0.25, 0.3) is 0 Å². The Bertz CT molecular complexity index is 837. The van der Waals surface area contributed by atoms with Crippen LogP contribution in [0.3, 0.4) is 0 Å². The average Bonchev–Trinajstić information content (AvgIpc) is 2.61. The smallest absolute Gasteiger partial charge is 0.261 e. The Labute approximate surface area is 145 Å². The number of carbonyl (C=O) groups excluding carboxylic acids is 1. The Hall–Kier alpha value is -2.65. The lowest BCUT2D eigenvalue weighted by Crippen LogP contribution is -2.31. The summed E-state index contributed by atoms with van der Waals surface area (Å²) in [6.07, 6.45) is 0. The number of hydrogen-bond acceptors (Lipinski definition) is 1. The summed E-state index contributed by atoms with van der Waals surface area (Å²) >= 11 is 5.78. The summed E-state index contributed by atoms with van der Waals surface area (Å²) in [6.45, 7) is 0.353. The molecule has 0 aliphatic carbocycles. The van der Waals surface area contributed by atoms with E-state index >= 15 is 0 Å². The zero-order valence-electron chi connectivity index (χ0n) is 12.8. The van der Waals surface area contributed by atoms with Crippen molar-refractivity contribution in [2.24, 2.45) is 0 Å². The van der Waals surface area contributed by atoms with Crippen LogP contribution >= 0.6 is 11.6 Å². The molecule has 0 unspecified atom stereocenters. The van der Waals surface area contributed by atoms with Gasteiger partial charge in [0.25, 0.3) is 5.91 Å². The number of rotatable bonds is 4. The molecule has 0 heterocycles. The van der Waals surface area contributed by atoms with Crippen LogP contribution < -0.4 is 4.90 Å². The van der Waals surface area contributed by atoms with E-state index in [2.05, 4.69) is 0 Å². The Morgan fingerprint density at radius 1 is 0.917 bits per heavy atom. The van der Waals surface area contributed by atoms with E-state index in [1.165, 1.54) is 12.1 Å². The quantitative estimate of drug-likeness (QED) is 0.629. The zero-order chi connectivity index (χ0) is 16.9. The van der Waals surface area contributed by atoms with Gasteiger partial charge in [0.2, 0.25) is 0 Å². The molecule has 0 fully saturated rings. The maximum atomic E-state index is 14.2. The molecule has 0 aliphatic heterocycles. The molecule has 120 valence electrons. The summed E-state index contributed by atoms with van der Waals surface area (Å²) in [5.41, 5.74) is 1.67. The highest BCUT2D eigenvalue weighted by Crippen LogP contribution is 2.22. The summed E-state index contributed by atoms with van der Waals surface area (Å²) in [6, 6.07) is 22.9. The number of nitrogens with zero attached hydrogens (tertiary/aromatic N) is 1. The Kier molecular flexibility index (Phi) is 4.92. The summed E-state index contributed by atoms with van der Waals surface area (Å²) < 4.78 is 14.2. The third-order valence-corrected chi connectivity index (χ3v) is 3.89. The summed E-state index contributed by atoms with van der Waals surface area (Å²) in [7, 11) is 0. The van der Waals surface area contributed by atoms with Crippen LogP contribution in [0.15, 0.2) is 78.9 Å². The van der Waals surface area contributed by atoms with Crippen molar-refractivity contribution >= 4 is 23.2 Å². The van der Waals surface area contributed by atoms with Crippen molar-refractivity contribution < 1.29 is 9.18 Å². The third kappa shape index (κ3) is 3.63. The fourth-order valence-corrected chi connectivity index (χ4v) is 2.62. The molecule has 0 bridgehead atoms. The predicted octanol–water partition coefficient (Wildman–Crippen LogP) is 5.33. The first-order valence-corrected chi connectivity index (χ1v) is 7.89. The van der Waals surface area contributed by atoms with Gasteiger partial charge in [0.1, 0.15) is 5.82 Å². The monoisotopic (exact) mass is 339 g/mol. The van der Waals surface area contributed by atoms with Gasteiger partial charge in [-0.25, -0.2) is 4.39 Å². The highest BCUT2D eigenvalue weighted by Gasteiger charge is 2.21. The maximum Gasteiger partial charge on any atom is 0.261 e. The molecule has 0 N–H and O–H groups in total. The Morgan fingerprint density at radius 2 is 1.54 bits per heavy atom. The molecule has 0 aromatic heterocycles. The molecule has 4 heteroatoms. The second kappa shape index (κ2) is 7.28.